The number of aliphatic hydroxyl groups is 1. The minimum absolute atomic E-state index is 0.0329. The van der Waals surface area contributed by atoms with Crippen LogP contribution in [0.25, 0.3) is 11.0 Å². The van der Waals surface area contributed by atoms with Crippen LogP contribution in [0.4, 0.5) is 10.6 Å². The van der Waals surface area contributed by atoms with Gasteiger partial charge in [-0.3, -0.25) is 4.98 Å². The molecule has 2 aromatic rings. The van der Waals surface area contributed by atoms with Crippen LogP contribution in [0.3, 0.4) is 0 Å². The fourth-order valence-corrected chi connectivity index (χ4v) is 6.79. The first-order chi connectivity index (χ1) is 14.9. The van der Waals surface area contributed by atoms with E-state index >= 15 is 0 Å². The summed E-state index contributed by atoms with van der Waals surface area (Å²) in [5.74, 6) is 1.94. The van der Waals surface area contributed by atoms with E-state index < -0.39 is 5.60 Å². The van der Waals surface area contributed by atoms with E-state index in [1.807, 2.05) is 6.07 Å². The number of hydrogen-bond acceptors (Lipinski definition) is 6. The van der Waals surface area contributed by atoms with Crippen molar-refractivity contribution in [3.8, 4) is 0 Å². The number of carbonyl (C=O) groups excluding carboxylic acids is 1. The average molecular weight is 443 g/mol. The van der Waals surface area contributed by atoms with Crippen LogP contribution in [0.1, 0.15) is 38.5 Å². The molecule has 2 N–H and O–H groups in total. The fourth-order valence-electron chi connectivity index (χ4n) is 6.62. The van der Waals surface area contributed by atoms with Crippen LogP contribution in [0.2, 0.25) is 5.02 Å². The molecule has 3 unspecified atom stereocenters. The largest absolute Gasteiger partial charge is 0.446 e. The van der Waals surface area contributed by atoms with E-state index in [-0.39, 0.29) is 18.2 Å². The zero-order valence-corrected chi connectivity index (χ0v) is 18.1. The molecule has 4 saturated carbocycles. The number of amides is 1. The molecule has 1 aromatic carbocycles. The summed E-state index contributed by atoms with van der Waals surface area (Å²) in [6.07, 6.45) is 6.99. The van der Waals surface area contributed by atoms with E-state index in [2.05, 4.69) is 15.3 Å². The SMILES string of the molecule is O=C(OC1C2CC3CC1CC(O)(C3)C2)N1CCC(Nc2cnc3cc(Cl)ccc3n2)C1. The molecule has 5 fully saturated rings. The summed E-state index contributed by atoms with van der Waals surface area (Å²) in [7, 11) is 0. The summed E-state index contributed by atoms with van der Waals surface area (Å²) >= 11 is 6.01. The number of benzene rings is 1. The number of carbonyl (C=O) groups is 1. The molecule has 1 saturated heterocycles. The highest BCUT2D eigenvalue weighted by atomic mass is 35.5. The average Bonchev–Trinajstić information content (AvgIpc) is 3.18. The molecule has 2 heterocycles. The van der Waals surface area contributed by atoms with Crippen LogP contribution < -0.4 is 5.32 Å². The lowest BCUT2D eigenvalue weighted by molar-refractivity contribution is -0.177. The first-order valence-electron chi connectivity index (χ1n) is 11.3. The second-order valence-corrected chi connectivity index (χ2v) is 10.4. The molecule has 4 bridgehead atoms. The minimum atomic E-state index is -0.506. The standard InChI is InChI=1S/C23H27ClN4O3/c24-16-1-2-18-19(7-16)25-11-20(27-18)26-17-3-4-28(12-17)22(29)31-21-14-5-13-6-15(21)10-23(30,8-13)9-14/h1-2,7,11,13-15,17,21,30H,3-6,8-10,12H2,(H,26,27). The van der Waals surface area contributed by atoms with Crippen LogP contribution in [-0.4, -0.2) is 56.9 Å². The maximum absolute atomic E-state index is 12.9. The van der Waals surface area contributed by atoms with Crippen molar-refractivity contribution in [3.63, 3.8) is 0 Å². The molecular weight excluding hydrogens is 416 g/mol. The third kappa shape index (κ3) is 3.61. The second kappa shape index (κ2) is 7.20. The van der Waals surface area contributed by atoms with E-state index in [1.165, 1.54) is 0 Å². The van der Waals surface area contributed by atoms with Crippen molar-refractivity contribution in [1.82, 2.24) is 14.9 Å². The van der Waals surface area contributed by atoms with E-state index in [1.54, 1.807) is 23.2 Å². The number of anilines is 1. The van der Waals surface area contributed by atoms with Crippen molar-refractivity contribution >= 4 is 34.5 Å². The van der Waals surface area contributed by atoms with Crippen molar-refractivity contribution in [2.75, 3.05) is 18.4 Å². The van der Waals surface area contributed by atoms with Crippen molar-refractivity contribution in [2.24, 2.45) is 17.8 Å². The van der Waals surface area contributed by atoms with E-state index in [0.29, 0.717) is 41.7 Å². The Morgan fingerprint density at radius 1 is 1.23 bits per heavy atom. The van der Waals surface area contributed by atoms with Gasteiger partial charge in [0.15, 0.2) is 0 Å². The van der Waals surface area contributed by atoms with Crippen molar-refractivity contribution < 1.29 is 14.6 Å². The first-order valence-corrected chi connectivity index (χ1v) is 11.7. The molecular formula is C23H27ClN4O3. The Labute approximate surface area is 186 Å². The summed E-state index contributed by atoms with van der Waals surface area (Å²) < 4.78 is 6.03. The molecule has 0 spiro atoms. The number of fused-ring (bicyclic) bond motifs is 1. The van der Waals surface area contributed by atoms with Gasteiger partial charge in [-0.15, -0.1) is 0 Å². The summed E-state index contributed by atoms with van der Waals surface area (Å²) in [5.41, 5.74) is 1.04. The Morgan fingerprint density at radius 3 is 2.81 bits per heavy atom. The Balaban J connectivity index is 1.07. The van der Waals surface area contributed by atoms with Gasteiger partial charge in [0.2, 0.25) is 0 Å². The lowest BCUT2D eigenvalue weighted by Crippen LogP contribution is -2.58. The van der Waals surface area contributed by atoms with E-state index in [4.69, 9.17) is 16.3 Å². The highest BCUT2D eigenvalue weighted by molar-refractivity contribution is 6.31. The van der Waals surface area contributed by atoms with Crippen molar-refractivity contribution in [1.29, 1.82) is 0 Å². The first kappa shape index (κ1) is 19.6. The van der Waals surface area contributed by atoms with Gasteiger partial charge >= 0.3 is 6.09 Å². The highest BCUT2D eigenvalue weighted by Crippen LogP contribution is 2.56. The predicted molar refractivity (Wildman–Crippen MR) is 117 cm³/mol. The number of nitrogens with zero attached hydrogens (tertiary/aromatic N) is 3. The van der Waals surface area contributed by atoms with Crippen LogP contribution >= 0.6 is 11.6 Å². The fraction of sp³-hybridized carbons (Fsp3) is 0.609. The summed E-state index contributed by atoms with van der Waals surface area (Å²) in [4.78, 5) is 23.7. The monoisotopic (exact) mass is 442 g/mol. The van der Waals surface area contributed by atoms with Gasteiger partial charge in [0.1, 0.15) is 11.9 Å². The maximum atomic E-state index is 12.9. The van der Waals surface area contributed by atoms with Gasteiger partial charge in [0.25, 0.3) is 0 Å². The van der Waals surface area contributed by atoms with E-state index in [0.717, 1.165) is 49.6 Å². The lowest BCUT2D eigenvalue weighted by Gasteiger charge is -2.57. The third-order valence-corrected chi connectivity index (χ3v) is 7.93. The van der Waals surface area contributed by atoms with Crippen LogP contribution in [0.5, 0.6) is 0 Å². The quantitative estimate of drug-likeness (QED) is 0.750. The molecule has 5 aliphatic rings. The van der Waals surface area contributed by atoms with Gasteiger partial charge in [0.05, 0.1) is 22.8 Å². The number of ether oxygens (including phenoxy) is 1. The maximum Gasteiger partial charge on any atom is 0.410 e. The molecule has 1 amide bonds. The zero-order chi connectivity index (χ0) is 21.2. The van der Waals surface area contributed by atoms with Gasteiger partial charge in [-0.25, -0.2) is 9.78 Å². The second-order valence-electron chi connectivity index (χ2n) is 10.0. The van der Waals surface area contributed by atoms with Gasteiger partial charge in [-0.2, -0.15) is 0 Å². The Hall–Kier alpha value is -2.12. The molecule has 7 nitrogen and oxygen atoms in total. The van der Waals surface area contributed by atoms with Crippen molar-refractivity contribution in [2.45, 2.75) is 56.3 Å². The smallest absolute Gasteiger partial charge is 0.410 e. The molecule has 0 radical (unpaired) electrons. The molecule has 4 aliphatic carbocycles. The Kier molecular flexibility index (Phi) is 4.54. The number of hydrogen-bond donors (Lipinski definition) is 2. The number of rotatable bonds is 3. The molecule has 1 aliphatic heterocycles. The molecule has 7 rings (SSSR count). The van der Waals surface area contributed by atoms with Crippen molar-refractivity contribution in [3.05, 3.63) is 29.4 Å². The molecule has 31 heavy (non-hydrogen) atoms. The highest BCUT2D eigenvalue weighted by Gasteiger charge is 2.56. The molecule has 1 aromatic heterocycles. The molecule has 8 heteroatoms. The van der Waals surface area contributed by atoms with Crippen LogP contribution in [0.15, 0.2) is 24.4 Å². The zero-order valence-electron chi connectivity index (χ0n) is 17.3. The normalized spacial score (nSPS) is 36.2. The lowest BCUT2D eigenvalue weighted by atomic mass is 9.53. The third-order valence-electron chi connectivity index (χ3n) is 7.69. The Morgan fingerprint density at radius 2 is 2.03 bits per heavy atom. The Bertz CT molecular complexity index is 1020. The van der Waals surface area contributed by atoms with Gasteiger partial charge in [-0.05, 0) is 74.5 Å². The number of halogens is 1. The number of likely N-dealkylation sites (tertiary alicyclic amines) is 1. The van der Waals surface area contributed by atoms with E-state index in [9.17, 15) is 9.90 Å². The summed E-state index contributed by atoms with van der Waals surface area (Å²) in [6.45, 7) is 1.26. The predicted octanol–water partition coefficient (Wildman–Crippen LogP) is 3.85. The molecule has 164 valence electrons. The van der Waals surface area contributed by atoms with Crippen LogP contribution in [0, 0.1) is 17.8 Å². The van der Waals surface area contributed by atoms with Gasteiger partial charge < -0.3 is 20.1 Å². The summed E-state index contributed by atoms with van der Waals surface area (Å²) in [5, 5.41) is 14.8. The number of nitrogens with one attached hydrogen (secondary N) is 1. The molecule has 3 atom stereocenters. The number of aromatic nitrogens is 2. The van der Waals surface area contributed by atoms with Gasteiger partial charge in [0, 0.05) is 24.2 Å². The van der Waals surface area contributed by atoms with Crippen LogP contribution in [-0.2, 0) is 4.74 Å². The summed E-state index contributed by atoms with van der Waals surface area (Å²) in [6, 6.07) is 5.57. The topological polar surface area (TPSA) is 87.6 Å². The van der Waals surface area contributed by atoms with Gasteiger partial charge in [-0.1, -0.05) is 11.6 Å². The minimum Gasteiger partial charge on any atom is -0.446 e.